The lowest BCUT2D eigenvalue weighted by molar-refractivity contribution is -0.105. The third-order valence-electron chi connectivity index (χ3n) is 3.09. The molecule has 0 bridgehead atoms. The first-order valence-electron chi connectivity index (χ1n) is 6.72. The third-order valence-corrected chi connectivity index (χ3v) is 3.32. The van der Waals surface area contributed by atoms with E-state index < -0.39 is 5.92 Å². The number of aromatic nitrogens is 1. The van der Waals surface area contributed by atoms with E-state index in [1.165, 1.54) is 0 Å². The smallest absolute Gasteiger partial charge is 0.248 e. The molecule has 1 fully saturated rings. The molecule has 0 aliphatic heterocycles. The lowest BCUT2D eigenvalue weighted by Crippen LogP contribution is -1.95. The van der Waals surface area contributed by atoms with Crippen LogP contribution in [-0.4, -0.2) is 17.3 Å². The van der Waals surface area contributed by atoms with Gasteiger partial charge in [-0.2, -0.15) is 0 Å². The summed E-state index contributed by atoms with van der Waals surface area (Å²) < 4.78 is 22.3. The average Bonchev–Trinajstić information content (AvgIpc) is 3.18. The Hall–Kier alpha value is -2.01. The third kappa shape index (κ3) is 4.77. The van der Waals surface area contributed by atoms with Crippen LogP contribution in [0.1, 0.15) is 18.4 Å². The topological polar surface area (TPSA) is 42.0 Å². The van der Waals surface area contributed by atoms with E-state index in [0.717, 1.165) is 22.5 Å². The van der Waals surface area contributed by atoms with Gasteiger partial charge in [-0.15, -0.1) is 0 Å². The highest BCUT2D eigenvalue weighted by molar-refractivity contribution is 6.30. The summed E-state index contributed by atoms with van der Waals surface area (Å²) in [5, 5.41) is 3.23. The van der Waals surface area contributed by atoms with Crippen molar-refractivity contribution in [2.75, 3.05) is 5.32 Å². The second-order valence-corrected chi connectivity index (χ2v) is 5.45. The van der Waals surface area contributed by atoms with Crippen LogP contribution in [-0.2, 0) is 4.79 Å². The van der Waals surface area contributed by atoms with Crippen LogP contribution in [0.2, 0.25) is 5.02 Å². The number of rotatable bonds is 3. The summed E-state index contributed by atoms with van der Waals surface area (Å²) in [7, 11) is 0. The van der Waals surface area contributed by atoms with Crippen molar-refractivity contribution in [3.8, 4) is 11.3 Å². The zero-order chi connectivity index (χ0) is 16.2. The molecule has 0 spiro atoms. The minimum Gasteiger partial charge on any atom is -0.329 e. The van der Waals surface area contributed by atoms with Crippen LogP contribution in [0.25, 0.3) is 11.3 Å². The summed E-state index contributed by atoms with van der Waals surface area (Å²) in [6, 6.07) is 9.33. The van der Waals surface area contributed by atoms with Gasteiger partial charge in [0.25, 0.3) is 0 Å². The zero-order valence-corrected chi connectivity index (χ0v) is 12.7. The van der Waals surface area contributed by atoms with Crippen molar-refractivity contribution in [2.24, 2.45) is 0 Å². The van der Waals surface area contributed by atoms with E-state index in [0.29, 0.717) is 11.4 Å². The molecule has 0 atom stereocenters. The van der Waals surface area contributed by atoms with Crippen molar-refractivity contribution in [2.45, 2.75) is 25.7 Å². The Morgan fingerprint density at radius 3 is 2.45 bits per heavy atom. The fourth-order valence-electron chi connectivity index (χ4n) is 1.69. The number of nitrogens with one attached hydrogen (secondary N) is 1. The van der Waals surface area contributed by atoms with E-state index >= 15 is 0 Å². The van der Waals surface area contributed by atoms with E-state index in [1.807, 2.05) is 31.2 Å². The normalized spacial score (nSPS) is 14.5. The van der Waals surface area contributed by atoms with Crippen molar-refractivity contribution < 1.29 is 13.6 Å². The molecule has 1 amide bonds. The van der Waals surface area contributed by atoms with E-state index in [-0.39, 0.29) is 12.8 Å². The Labute approximate surface area is 132 Å². The van der Waals surface area contributed by atoms with E-state index in [4.69, 9.17) is 11.6 Å². The summed E-state index contributed by atoms with van der Waals surface area (Å²) >= 11 is 5.80. The van der Waals surface area contributed by atoms with Gasteiger partial charge in [0.2, 0.25) is 12.3 Å². The number of anilines is 1. The number of amides is 1. The minimum absolute atomic E-state index is 0.118. The summed E-state index contributed by atoms with van der Waals surface area (Å²) in [6.45, 7) is 2.00. The Morgan fingerprint density at radius 1 is 1.27 bits per heavy atom. The molecular weight excluding hydrogens is 310 g/mol. The standard InChI is InChI=1S/C13H11ClN2O.C3H4F2/c1-9-2-4-11(16-8-17)6-12(9)13-5-3-10(14)7-15-13;4-3(5)1-2-3/h2-8H,1H3,(H,16,17);1-2H2. The van der Waals surface area contributed by atoms with Crippen LogP contribution in [0.3, 0.4) is 0 Å². The molecule has 22 heavy (non-hydrogen) atoms. The number of aryl methyl sites for hydroxylation is 1. The predicted molar refractivity (Wildman–Crippen MR) is 83.3 cm³/mol. The molecular formula is C16H15ClF2N2O. The molecule has 3 rings (SSSR count). The molecule has 1 aliphatic carbocycles. The highest BCUT2D eigenvalue weighted by Crippen LogP contribution is 2.40. The maximum Gasteiger partial charge on any atom is 0.248 e. The molecule has 1 aromatic heterocycles. The fraction of sp³-hybridized carbons (Fsp3) is 0.250. The molecule has 116 valence electrons. The minimum atomic E-state index is -2.25. The molecule has 1 N–H and O–H groups in total. The van der Waals surface area contributed by atoms with Gasteiger partial charge in [0, 0.05) is 30.3 Å². The Kier molecular flexibility index (Phi) is 5.08. The number of alkyl halides is 2. The fourth-order valence-corrected chi connectivity index (χ4v) is 1.80. The number of hydrogen-bond donors (Lipinski definition) is 1. The molecule has 3 nitrogen and oxygen atoms in total. The van der Waals surface area contributed by atoms with Crippen molar-refractivity contribution in [3.63, 3.8) is 0 Å². The van der Waals surface area contributed by atoms with Gasteiger partial charge >= 0.3 is 0 Å². The Balaban J connectivity index is 0.000000299. The zero-order valence-electron chi connectivity index (χ0n) is 11.9. The maximum atomic E-state index is 11.1. The predicted octanol–water partition coefficient (Wildman–Crippen LogP) is 4.69. The number of benzene rings is 1. The molecule has 2 aromatic rings. The van der Waals surface area contributed by atoms with Gasteiger partial charge in [-0.1, -0.05) is 17.7 Å². The highest BCUT2D eigenvalue weighted by atomic mass is 35.5. The van der Waals surface area contributed by atoms with Gasteiger partial charge in [0.15, 0.2) is 0 Å². The first kappa shape index (κ1) is 16.4. The van der Waals surface area contributed by atoms with Crippen LogP contribution in [0, 0.1) is 6.92 Å². The van der Waals surface area contributed by atoms with Crippen LogP contribution in [0.5, 0.6) is 0 Å². The van der Waals surface area contributed by atoms with E-state index in [2.05, 4.69) is 10.3 Å². The summed E-state index contributed by atoms with van der Waals surface area (Å²) in [4.78, 5) is 14.7. The lowest BCUT2D eigenvalue weighted by atomic mass is 10.0. The monoisotopic (exact) mass is 324 g/mol. The van der Waals surface area contributed by atoms with Crippen molar-refractivity contribution >= 4 is 23.7 Å². The first-order valence-corrected chi connectivity index (χ1v) is 7.10. The molecule has 1 aliphatic rings. The van der Waals surface area contributed by atoms with Crippen molar-refractivity contribution in [1.82, 2.24) is 4.98 Å². The van der Waals surface area contributed by atoms with Gasteiger partial charge in [-0.3, -0.25) is 9.78 Å². The molecule has 0 unspecified atom stereocenters. The summed E-state index contributed by atoms with van der Waals surface area (Å²) in [5.74, 6) is -2.25. The van der Waals surface area contributed by atoms with Gasteiger partial charge in [0.1, 0.15) is 0 Å². The quantitative estimate of drug-likeness (QED) is 0.832. The molecule has 1 saturated carbocycles. The van der Waals surface area contributed by atoms with Gasteiger partial charge in [-0.05, 0) is 36.8 Å². The maximum absolute atomic E-state index is 11.1. The van der Waals surface area contributed by atoms with Crippen LogP contribution >= 0.6 is 11.6 Å². The van der Waals surface area contributed by atoms with Crippen molar-refractivity contribution in [3.05, 3.63) is 47.1 Å². The van der Waals surface area contributed by atoms with Crippen LogP contribution in [0.15, 0.2) is 36.5 Å². The number of hydrogen-bond acceptors (Lipinski definition) is 2. The largest absolute Gasteiger partial charge is 0.329 e. The van der Waals surface area contributed by atoms with Gasteiger partial charge < -0.3 is 5.32 Å². The Morgan fingerprint density at radius 2 is 1.95 bits per heavy atom. The number of halogens is 3. The molecule has 1 aromatic carbocycles. The second kappa shape index (κ2) is 6.83. The first-order chi connectivity index (χ1) is 10.4. The number of carbonyl (C=O) groups is 1. The van der Waals surface area contributed by atoms with Gasteiger partial charge in [-0.25, -0.2) is 8.78 Å². The molecule has 1 heterocycles. The number of pyridine rings is 1. The van der Waals surface area contributed by atoms with Crippen LogP contribution < -0.4 is 5.32 Å². The summed E-state index contributed by atoms with van der Waals surface area (Å²) in [6.07, 6.45) is 2.50. The lowest BCUT2D eigenvalue weighted by Gasteiger charge is -2.07. The second-order valence-electron chi connectivity index (χ2n) is 5.01. The van der Waals surface area contributed by atoms with Crippen molar-refractivity contribution in [1.29, 1.82) is 0 Å². The summed E-state index contributed by atoms with van der Waals surface area (Å²) in [5.41, 5.74) is 3.66. The molecule has 6 heteroatoms. The SMILES string of the molecule is Cc1ccc(NC=O)cc1-c1ccc(Cl)cn1.FC1(F)CC1. The highest BCUT2D eigenvalue weighted by Gasteiger charge is 2.43. The molecule has 0 radical (unpaired) electrons. The average molecular weight is 325 g/mol. The Bertz CT molecular complexity index is 654. The van der Waals surface area contributed by atoms with E-state index in [1.54, 1.807) is 12.3 Å². The molecule has 0 saturated heterocycles. The van der Waals surface area contributed by atoms with Crippen LogP contribution in [0.4, 0.5) is 14.5 Å². The number of nitrogens with zero attached hydrogens (tertiary/aromatic N) is 1. The van der Waals surface area contributed by atoms with Gasteiger partial charge in [0.05, 0.1) is 10.7 Å². The number of carbonyl (C=O) groups excluding carboxylic acids is 1. The van der Waals surface area contributed by atoms with E-state index in [9.17, 15) is 13.6 Å².